The summed E-state index contributed by atoms with van der Waals surface area (Å²) in [4.78, 5) is 17.2. The fourth-order valence-electron chi connectivity index (χ4n) is 2.94. The number of aromatic nitrogens is 1. The fourth-order valence-corrected chi connectivity index (χ4v) is 2.94. The van der Waals surface area contributed by atoms with Crippen molar-refractivity contribution in [3.63, 3.8) is 0 Å². The number of rotatable bonds is 7. The number of phenols is 1. The third-order valence-corrected chi connectivity index (χ3v) is 4.34. The van der Waals surface area contributed by atoms with Gasteiger partial charge in [0.1, 0.15) is 5.75 Å². The Morgan fingerprint density at radius 3 is 2.42 bits per heavy atom. The average Bonchev–Trinajstić information content (AvgIpc) is 2.69. The molecular weight excluding hydrogens is 324 g/mol. The summed E-state index contributed by atoms with van der Waals surface area (Å²) in [5, 5.41) is 12.8. The smallest absolute Gasteiger partial charge is 0.227 e. The number of carbonyl (C=O) groups is 1. The molecule has 2 N–H and O–H groups in total. The molecule has 4 heteroatoms. The van der Waals surface area contributed by atoms with Crippen LogP contribution in [0, 0.1) is 0 Å². The topological polar surface area (TPSA) is 62.2 Å². The van der Waals surface area contributed by atoms with Gasteiger partial charge in [-0.25, -0.2) is 0 Å². The maximum Gasteiger partial charge on any atom is 0.227 e. The van der Waals surface area contributed by atoms with Crippen molar-refractivity contribution in [3.05, 3.63) is 95.8 Å². The van der Waals surface area contributed by atoms with Gasteiger partial charge in [0.25, 0.3) is 0 Å². The fraction of sp³-hybridized carbons (Fsp3) is 0.182. The molecule has 0 fully saturated rings. The van der Waals surface area contributed by atoms with Gasteiger partial charge in [0.15, 0.2) is 0 Å². The van der Waals surface area contributed by atoms with Crippen LogP contribution in [0.25, 0.3) is 0 Å². The van der Waals surface area contributed by atoms with Gasteiger partial charge in [0, 0.05) is 24.9 Å². The zero-order chi connectivity index (χ0) is 18.2. The number of benzene rings is 2. The zero-order valence-corrected chi connectivity index (χ0v) is 14.5. The van der Waals surface area contributed by atoms with Gasteiger partial charge in [-0.2, -0.15) is 0 Å². The third-order valence-electron chi connectivity index (χ3n) is 4.34. The lowest BCUT2D eigenvalue weighted by Crippen LogP contribution is -2.32. The molecule has 132 valence electrons. The molecule has 0 saturated heterocycles. The van der Waals surface area contributed by atoms with Gasteiger partial charge in [-0.05, 0) is 35.7 Å². The second kappa shape index (κ2) is 8.81. The molecule has 3 rings (SSSR count). The van der Waals surface area contributed by atoms with Crippen molar-refractivity contribution in [3.8, 4) is 5.75 Å². The Morgan fingerprint density at radius 2 is 1.69 bits per heavy atom. The minimum absolute atomic E-state index is 0.0303. The van der Waals surface area contributed by atoms with Gasteiger partial charge in [-0.15, -0.1) is 0 Å². The number of para-hydroxylation sites is 1. The molecule has 1 heterocycles. The van der Waals surface area contributed by atoms with E-state index in [2.05, 4.69) is 10.3 Å². The quantitative estimate of drug-likeness (QED) is 0.688. The van der Waals surface area contributed by atoms with Gasteiger partial charge in [0.2, 0.25) is 5.91 Å². The Balaban J connectivity index is 1.68. The van der Waals surface area contributed by atoms with Crippen molar-refractivity contribution in [2.45, 2.75) is 18.8 Å². The molecule has 0 aliphatic carbocycles. The predicted molar refractivity (Wildman–Crippen MR) is 102 cm³/mol. The number of hydrogen-bond acceptors (Lipinski definition) is 3. The molecule has 1 amide bonds. The highest BCUT2D eigenvalue weighted by Crippen LogP contribution is 2.21. The van der Waals surface area contributed by atoms with Crippen molar-refractivity contribution >= 4 is 5.91 Å². The zero-order valence-electron chi connectivity index (χ0n) is 14.5. The molecule has 0 spiro atoms. The number of nitrogens with one attached hydrogen (secondary N) is 1. The first-order chi connectivity index (χ1) is 12.7. The maximum absolute atomic E-state index is 12.8. The molecule has 2 aromatic carbocycles. The van der Waals surface area contributed by atoms with Crippen LogP contribution in [0.5, 0.6) is 5.75 Å². The van der Waals surface area contributed by atoms with Gasteiger partial charge < -0.3 is 10.4 Å². The average molecular weight is 346 g/mol. The number of hydrogen-bond donors (Lipinski definition) is 2. The number of phenolic OH excluding ortho intramolecular Hbond substituents is 1. The first-order valence-electron chi connectivity index (χ1n) is 8.73. The summed E-state index contributed by atoms with van der Waals surface area (Å²) in [6, 6.07) is 22.7. The SMILES string of the molecule is O=C(NCCc1ccccc1O)C(Cc1ccccn1)c1ccccc1. The molecule has 4 nitrogen and oxygen atoms in total. The van der Waals surface area contributed by atoms with Gasteiger partial charge in [0.05, 0.1) is 5.92 Å². The van der Waals surface area contributed by atoms with Crippen LogP contribution < -0.4 is 5.32 Å². The molecule has 1 atom stereocenters. The van der Waals surface area contributed by atoms with Gasteiger partial charge >= 0.3 is 0 Å². The van der Waals surface area contributed by atoms with Crippen LogP contribution in [0.2, 0.25) is 0 Å². The summed E-state index contributed by atoms with van der Waals surface area (Å²) in [6.07, 6.45) is 2.88. The van der Waals surface area contributed by atoms with E-state index in [1.165, 1.54) is 0 Å². The van der Waals surface area contributed by atoms with E-state index in [0.29, 0.717) is 19.4 Å². The van der Waals surface area contributed by atoms with E-state index in [4.69, 9.17) is 0 Å². The monoisotopic (exact) mass is 346 g/mol. The normalized spacial score (nSPS) is 11.7. The molecule has 0 radical (unpaired) electrons. The Morgan fingerprint density at radius 1 is 0.962 bits per heavy atom. The van der Waals surface area contributed by atoms with Gasteiger partial charge in [-0.1, -0.05) is 54.6 Å². The van der Waals surface area contributed by atoms with E-state index < -0.39 is 0 Å². The van der Waals surface area contributed by atoms with Crippen LogP contribution in [-0.2, 0) is 17.6 Å². The molecule has 26 heavy (non-hydrogen) atoms. The maximum atomic E-state index is 12.8. The summed E-state index contributed by atoms with van der Waals surface area (Å²) in [5.74, 6) is -0.0670. The lowest BCUT2D eigenvalue weighted by atomic mass is 9.93. The molecule has 1 unspecified atom stereocenters. The number of nitrogens with zero attached hydrogens (tertiary/aromatic N) is 1. The van der Waals surface area contributed by atoms with Crippen LogP contribution in [0.4, 0.5) is 0 Å². The summed E-state index contributed by atoms with van der Waals surface area (Å²) in [6.45, 7) is 0.474. The number of pyridine rings is 1. The molecule has 1 aromatic heterocycles. The van der Waals surface area contributed by atoms with Crippen molar-refractivity contribution in [2.24, 2.45) is 0 Å². The van der Waals surface area contributed by atoms with Crippen molar-refractivity contribution in [1.29, 1.82) is 0 Å². The van der Waals surface area contributed by atoms with E-state index in [-0.39, 0.29) is 17.6 Å². The van der Waals surface area contributed by atoms with Crippen LogP contribution in [0.1, 0.15) is 22.7 Å². The standard InChI is InChI=1S/C22H22N2O2/c25-21-12-5-4-10-18(21)13-15-24-22(26)20(17-8-2-1-3-9-17)16-19-11-6-7-14-23-19/h1-12,14,20,25H,13,15-16H2,(H,24,26). The predicted octanol–water partition coefficient (Wildman–Crippen LogP) is 3.47. The Bertz CT molecular complexity index is 835. The lowest BCUT2D eigenvalue weighted by Gasteiger charge is -2.17. The minimum atomic E-state index is -0.296. The molecule has 0 aliphatic heterocycles. The van der Waals surface area contributed by atoms with Crippen LogP contribution >= 0.6 is 0 Å². The third kappa shape index (κ3) is 4.70. The van der Waals surface area contributed by atoms with Gasteiger partial charge in [-0.3, -0.25) is 9.78 Å². The van der Waals surface area contributed by atoms with Crippen LogP contribution in [0.15, 0.2) is 79.0 Å². The number of carbonyl (C=O) groups excluding carboxylic acids is 1. The highest BCUT2D eigenvalue weighted by atomic mass is 16.3. The van der Waals surface area contributed by atoms with E-state index in [9.17, 15) is 9.90 Å². The molecule has 0 aliphatic rings. The highest BCUT2D eigenvalue weighted by Gasteiger charge is 2.21. The van der Waals surface area contributed by atoms with E-state index >= 15 is 0 Å². The number of amides is 1. The Hall–Kier alpha value is -3.14. The van der Waals surface area contributed by atoms with E-state index in [1.54, 1.807) is 18.3 Å². The van der Waals surface area contributed by atoms with Crippen LogP contribution in [-0.4, -0.2) is 22.5 Å². The summed E-state index contributed by atoms with van der Waals surface area (Å²) >= 11 is 0. The second-order valence-corrected chi connectivity index (χ2v) is 6.16. The minimum Gasteiger partial charge on any atom is -0.508 e. The summed E-state index contributed by atoms with van der Waals surface area (Å²) in [5.41, 5.74) is 2.68. The number of aromatic hydroxyl groups is 1. The molecule has 0 bridgehead atoms. The Labute approximate surface area is 153 Å². The van der Waals surface area contributed by atoms with Crippen molar-refractivity contribution < 1.29 is 9.90 Å². The molecule has 3 aromatic rings. The van der Waals surface area contributed by atoms with E-state index in [1.807, 2.05) is 60.7 Å². The second-order valence-electron chi connectivity index (χ2n) is 6.16. The first-order valence-corrected chi connectivity index (χ1v) is 8.73. The van der Waals surface area contributed by atoms with Crippen LogP contribution in [0.3, 0.4) is 0 Å². The van der Waals surface area contributed by atoms with Crippen molar-refractivity contribution in [1.82, 2.24) is 10.3 Å². The Kier molecular flexibility index (Phi) is 5.99. The largest absolute Gasteiger partial charge is 0.508 e. The first kappa shape index (κ1) is 17.7. The van der Waals surface area contributed by atoms with Crippen molar-refractivity contribution in [2.75, 3.05) is 6.54 Å². The summed E-state index contributed by atoms with van der Waals surface area (Å²) < 4.78 is 0. The highest BCUT2D eigenvalue weighted by molar-refractivity contribution is 5.83. The lowest BCUT2D eigenvalue weighted by molar-refractivity contribution is -0.122. The molecule has 0 saturated carbocycles. The summed E-state index contributed by atoms with van der Waals surface area (Å²) in [7, 11) is 0. The molecular formula is C22H22N2O2. The van der Waals surface area contributed by atoms with E-state index in [0.717, 1.165) is 16.8 Å².